The third-order valence-electron chi connectivity index (χ3n) is 4.01. The van der Waals surface area contributed by atoms with E-state index in [4.69, 9.17) is 0 Å². The Kier molecular flexibility index (Phi) is 6.01. The number of hydrogen-bond donors (Lipinski definition) is 0. The molecule has 1 heteroatoms. The van der Waals surface area contributed by atoms with Crippen LogP contribution in [0, 0.1) is 0 Å². The molecule has 0 radical (unpaired) electrons. The molecular weight excluding hydrogens is 254 g/mol. The minimum atomic E-state index is 0.526. The molecule has 0 bridgehead atoms. The molecule has 0 amide bonds. The second-order valence-electron chi connectivity index (χ2n) is 5.40. The van der Waals surface area contributed by atoms with Crippen molar-refractivity contribution in [2.75, 3.05) is 13.1 Å². The van der Waals surface area contributed by atoms with E-state index in [2.05, 4.69) is 66.4 Å². The predicted octanol–water partition coefficient (Wildman–Crippen LogP) is 5.07. The van der Waals surface area contributed by atoms with Crippen LogP contribution in [0.3, 0.4) is 0 Å². The summed E-state index contributed by atoms with van der Waals surface area (Å²) in [4.78, 5) is 2.58. The molecule has 1 aliphatic heterocycles. The summed E-state index contributed by atoms with van der Waals surface area (Å²) in [5, 5.41) is 0. The Morgan fingerprint density at radius 1 is 0.952 bits per heavy atom. The number of fused-ring (bicyclic) bond motifs is 1. The second-order valence-corrected chi connectivity index (χ2v) is 5.40. The maximum atomic E-state index is 2.58. The lowest BCUT2D eigenvalue weighted by molar-refractivity contribution is 0.241. The lowest BCUT2D eigenvalue weighted by Crippen LogP contribution is -2.34. The van der Waals surface area contributed by atoms with Crippen LogP contribution in [0.25, 0.3) is 0 Å². The summed E-state index contributed by atoms with van der Waals surface area (Å²) in [7, 11) is 0. The highest BCUT2D eigenvalue weighted by molar-refractivity contribution is 5.40. The molecule has 1 atom stereocenters. The molecule has 1 nitrogen and oxygen atoms in total. The van der Waals surface area contributed by atoms with Crippen LogP contribution < -0.4 is 0 Å². The Hall–Kier alpha value is -1.60. The quantitative estimate of drug-likeness (QED) is 0.759. The van der Waals surface area contributed by atoms with Gasteiger partial charge < -0.3 is 0 Å². The second kappa shape index (κ2) is 7.99. The Balaban J connectivity index is 0.000000774. The number of rotatable bonds is 3. The smallest absolute Gasteiger partial charge is 0.0237 e. The first kappa shape index (κ1) is 15.8. The number of hydrogen-bond acceptors (Lipinski definition) is 1. The van der Waals surface area contributed by atoms with Gasteiger partial charge in [0.05, 0.1) is 0 Å². The van der Waals surface area contributed by atoms with Gasteiger partial charge in [-0.1, -0.05) is 75.4 Å². The van der Waals surface area contributed by atoms with Crippen molar-refractivity contribution in [3.05, 3.63) is 71.3 Å². The van der Waals surface area contributed by atoms with Crippen molar-refractivity contribution in [1.29, 1.82) is 0 Å². The van der Waals surface area contributed by atoms with Crippen molar-refractivity contribution in [3.63, 3.8) is 0 Å². The van der Waals surface area contributed by atoms with Gasteiger partial charge in [0.15, 0.2) is 0 Å². The van der Waals surface area contributed by atoms with Gasteiger partial charge in [-0.15, -0.1) is 0 Å². The molecule has 0 aromatic heterocycles. The SMILES string of the molecule is CC.CCCN1Cc2ccccc2C(c2ccccc2)C1. The molecule has 1 unspecified atom stereocenters. The van der Waals surface area contributed by atoms with Crippen molar-refractivity contribution in [1.82, 2.24) is 4.90 Å². The molecule has 2 aromatic carbocycles. The van der Waals surface area contributed by atoms with Gasteiger partial charge >= 0.3 is 0 Å². The molecule has 0 N–H and O–H groups in total. The summed E-state index contributed by atoms with van der Waals surface area (Å²) in [6, 6.07) is 19.8. The monoisotopic (exact) mass is 281 g/mol. The molecule has 0 spiro atoms. The third-order valence-corrected chi connectivity index (χ3v) is 4.01. The Labute approximate surface area is 129 Å². The fourth-order valence-electron chi connectivity index (χ4n) is 3.14. The zero-order valence-corrected chi connectivity index (χ0v) is 13.5. The van der Waals surface area contributed by atoms with Crippen LogP contribution in [0.1, 0.15) is 49.8 Å². The molecular formula is C20H27N. The van der Waals surface area contributed by atoms with Crippen molar-refractivity contribution in [3.8, 4) is 0 Å². The molecule has 0 saturated carbocycles. The van der Waals surface area contributed by atoms with Crippen LogP contribution in [-0.4, -0.2) is 18.0 Å². The van der Waals surface area contributed by atoms with Crippen molar-refractivity contribution >= 4 is 0 Å². The molecule has 0 aliphatic carbocycles. The van der Waals surface area contributed by atoms with E-state index in [1.165, 1.54) is 29.7 Å². The number of nitrogens with zero attached hydrogens (tertiary/aromatic N) is 1. The van der Waals surface area contributed by atoms with E-state index >= 15 is 0 Å². The minimum absolute atomic E-state index is 0.526. The zero-order chi connectivity index (χ0) is 15.1. The van der Waals surface area contributed by atoms with Crippen LogP contribution >= 0.6 is 0 Å². The summed E-state index contributed by atoms with van der Waals surface area (Å²) in [6.07, 6.45) is 1.23. The van der Waals surface area contributed by atoms with E-state index in [9.17, 15) is 0 Å². The Bertz CT molecular complexity index is 533. The molecule has 1 aliphatic rings. The molecule has 21 heavy (non-hydrogen) atoms. The van der Waals surface area contributed by atoms with Gasteiger partial charge in [0.25, 0.3) is 0 Å². The predicted molar refractivity (Wildman–Crippen MR) is 91.6 cm³/mol. The third kappa shape index (κ3) is 3.74. The normalized spacial score (nSPS) is 17.6. The van der Waals surface area contributed by atoms with Crippen LogP contribution in [-0.2, 0) is 6.54 Å². The summed E-state index contributed by atoms with van der Waals surface area (Å²) in [5.74, 6) is 0.526. The fraction of sp³-hybridized carbons (Fsp3) is 0.400. The Morgan fingerprint density at radius 3 is 2.33 bits per heavy atom. The fourth-order valence-corrected chi connectivity index (χ4v) is 3.14. The lowest BCUT2D eigenvalue weighted by atomic mass is 9.84. The summed E-state index contributed by atoms with van der Waals surface area (Å²) >= 11 is 0. The van der Waals surface area contributed by atoms with E-state index < -0.39 is 0 Å². The van der Waals surface area contributed by atoms with Gasteiger partial charge in [-0.2, -0.15) is 0 Å². The largest absolute Gasteiger partial charge is 0.298 e. The summed E-state index contributed by atoms with van der Waals surface area (Å²) < 4.78 is 0. The van der Waals surface area contributed by atoms with E-state index in [1.54, 1.807) is 0 Å². The number of benzene rings is 2. The highest BCUT2D eigenvalue weighted by Crippen LogP contribution is 2.33. The van der Waals surface area contributed by atoms with Gasteiger partial charge in [0.1, 0.15) is 0 Å². The van der Waals surface area contributed by atoms with Gasteiger partial charge in [-0.25, -0.2) is 0 Å². The van der Waals surface area contributed by atoms with Crippen molar-refractivity contribution in [2.24, 2.45) is 0 Å². The highest BCUT2D eigenvalue weighted by atomic mass is 15.1. The van der Waals surface area contributed by atoms with E-state index in [-0.39, 0.29) is 0 Å². The summed E-state index contributed by atoms with van der Waals surface area (Å²) in [5.41, 5.74) is 4.45. The molecule has 0 fully saturated rings. The van der Waals surface area contributed by atoms with Crippen LogP contribution in [0.5, 0.6) is 0 Å². The Morgan fingerprint density at radius 2 is 1.62 bits per heavy atom. The molecule has 0 saturated heterocycles. The molecule has 3 rings (SSSR count). The van der Waals surface area contributed by atoms with Gasteiger partial charge in [-0.3, -0.25) is 4.90 Å². The minimum Gasteiger partial charge on any atom is -0.298 e. The molecule has 112 valence electrons. The van der Waals surface area contributed by atoms with E-state index in [0.717, 1.165) is 13.1 Å². The van der Waals surface area contributed by atoms with E-state index in [1.807, 2.05) is 13.8 Å². The van der Waals surface area contributed by atoms with Gasteiger partial charge in [0.2, 0.25) is 0 Å². The molecule has 2 aromatic rings. The van der Waals surface area contributed by atoms with Crippen LogP contribution in [0.2, 0.25) is 0 Å². The lowest BCUT2D eigenvalue weighted by Gasteiger charge is -2.34. The van der Waals surface area contributed by atoms with Gasteiger partial charge in [-0.05, 0) is 29.7 Å². The first-order valence-corrected chi connectivity index (χ1v) is 8.23. The topological polar surface area (TPSA) is 3.24 Å². The first-order chi connectivity index (χ1) is 10.4. The maximum absolute atomic E-state index is 2.58. The average Bonchev–Trinajstić information content (AvgIpc) is 2.57. The molecule has 1 heterocycles. The average molecular weight is 281 g/mol. The zero-order valence-electron chi connectivity index (χ0n) is 13.5. The summed E-state index contributed by atoms with van der Waals surface area (Å²) in [6.45, 7) is 9.71. The highest BCUT2D eigenvalue weighted by Gasteiger charge is 2.25. The van der Waals surface area contributed by atoms with E-state index in [0.29, 0.717) is 5.92 Å². The van der Waals surface area contributed by atoms with Crippen molar-refractivity contribution in [2.45, 2.75) is 39.7 Å². The van der Waals surface area contributed by atoms with Crippen LogP contribution in [0.4, 0.5) is 0 Å². The standard InChI is InChI=1S/C18H21N.C2H6/c1-2-12-19-13-16-10-6-7-11-17(16)18(14-19)15-8-4-3-5-9-15;1-2/h3-11,18H,2,12-14H2,1H3;1-2H3. The maximum Gasteiger partial charge on any atom is 0.0237 e. The van der Waals surface area contributed by atoms with Gasteiger partial charge in [0, 0.05) is 19.0 Å². The van der Waals surface area contributed by atoms with Crippen molar-refractivity contribution < 1.29 is 0 Å². The first-order valence-electron chi connectivity index (χ1n) is 8.23. The van der Waals surface area contributed by atoms with Crippen LogP contribution in [0.15, 0.2) is 54.6 Å².